The third kappa shape index (κ3) is 3.38. The molecular weight excluding hydrogens is 516 g/mol. The molecule has 39 heavy (non-hydrogen) atoms. The van der Waals surface area contributed by atoms with Crippen molar-refractivity contribution in [3.05, 3.63) is 88.8 Å². The van der Waals surface area contributed by atoms with E-state index >= 15 is 4.39 Å². The van der Waals surface area contributed by atoms with Crippen LogP contribution < -0.4 is 5.32 Å². The topological polar surface area (TPSA) is 86.1 Å². The molecule has 1 atom stereocenters. The molecule has 7 rings (SSSR count). The molecule has 3 aliphatic rings. The second kappa shape index (κ2) is 7.95. The van der Waals surface area contributed by atoms with Crippen LogP contribution in [0.2, 0.25) is 0 Å². The monoisotopic (exact) mass is 536 g/mol. The molecule has 0 amide bonds. The molecule has 11 heteroatoms. The molecule has 1 aliphatic carbocycles. The number of carbonyl (C=O) groups is 2. The van der Waals surface area contributed by atoms with E-state index in [4.69, 9.17) is 4.74 Å². The van der Waals surface area contributed by atoms with Crippen molar-refractivity contribution in [1.29, 1.82) is 0 Å². The molecule has 0 radical (unpaired) electrons. The Hall–Kier alpha value is -4.12. The van der Waals surface area contributed by atoms with Gasteiger partial charge in [0.05, 0.1) is 27.7 Å². The third-order valence-electron chi connectivity index (χ3n) is 7.99. The maximum atomic E-state index is 15.7. The molecule has 2 fully saturated rings. The van der Waals surface area contributed by atoms with Crippen molar-refractivity contribution < 1.29 is 31.9 Å². The standard InChI is InChI=1S/C28H20F4N4O3/c29-18-13-15(36-20-4-2-1-3-19(20)35-25(36)28(30,31)32)5-6-16(18)26(8-9-26)23(37)22-21-17(7-11-34-22)27(39-24(21)38)10-12-33-14-27/h1-7,11,13,33H,8-10,12,14H2. The van der Waals surface area contributed by atoms with Crippen molar-refractivity contribution >= 4 is 22.8 Å². The van der Waals surface area contributed by atoms with Gasteiger partial charge in [-0.2, -0.15) is 13.2 Å². The number of para-hydroxylation sites is 2. The molecule has 2 aromatic carbocycles. The van der Waals surface area contributed by atoms with Gasteiger partial charge in [0.1, 0.15) is 11.5 Å². The van der Waals surface area contributed by atoms with E-state index in [1.807, 2.05) is 0 Å². The summed E-state index contributed by atoms with van der Waals surface area (Å²) in [6, 6.07) is 11.4. The zero-order valence-electron chi connectivity index (χ0n) is 20.3. The SMILES string of the molecule is O=C1OC2(CCNC2)c2ccnc(C(=O)C3(c4ccc(-n5c(C(F)(F)F)nc6ccccc65)cc4F)CC3)c21. The lowest BCUT2D eigenvalue weighted by Crippen LogP contribution is -2.29. The molecule has 1 spiro atoms. The summed E-state index contributed by atoms with van der Waals surface area (Å²) in [4.78, 5) is 34.7. The number of ether oxygens (including phenoxy) is 1. The largest absolute Gasteiger partial charge is 0.450 e. The molecule has 2 aromatic heterocycles. The Kier molecular flexibility index (Phi) is 4.88. The number of esters is 1. The van der Waals surface area contributed by atoms with Crippen LogP contribution in [0.5, 0.6) is 0 Å². The van der Waals surface area contributed by atoms with Crippen molar-refractivity contribution in [2.75, 3.05) is 13.1 Å². The number of alkyl halides is 3. The second-order valence-electron chi connectivity index (χ2n) is 10.2. The molecule has 2 aliphatic heterocycles. The van der Waals surface area contributed by atoms with Crippen LogP contribution in [0, 0.1) is 5.82 Å². The molecular formula is C28H20F4N4O3. The van der Waals surface area contributed by atoms with Crippen LogP contribution in [0.25, 0.3) is 16.7 Å². The van der Waals surface area contributed by atoms with Crippen LogP contribution in [0.4, 0.5) is 17.6 Å². The van der Waals surface area contributed by atoms with Crippen molar-refractivity contribution in [1.82, 2.24) is 19.9 Å². The van der Waals surface area contributed by atoms with Gasteiger partial charge in [0.15, 0.2) is 11.4 Å². The average molecular weight is 536 g/mol. The highest BCUT2D eigenvalue weighted by Gasteiger charge is 2.56. The van der Waals surface area contributed by atoms with Gasteiger partial charge in [-0.1, -0.05) is 18.2 Å². The average Bonchev–Trinajstić information content (AvgIpc) is 3.27. The van der Waals surface area contributed by atoms with Crippen molar-refractivity contribution in [3.63, 3.8) is 0 Å². The van der Waals surface area contributed by atoms with Gasteiger partial charge in [-0.25, -0.2) is 14.2 Å². The summed E-state index contributed by atoms with van der Waals surface area (Å²) in [6.45, 7) is 1.08. The summed E-state index contributed by atoms with van der Waals surface area (Å²) in [7, 11) is 0. The van der Waals surface area contributed by atoms with E-state index in [1.165, 1.54) is 30.5 Å². The first-order valence-electron chi connectivity index (χ1n) is 12.5. The van der Waals surface area contributed by atoms with E-state index in [2.05, 4.69) is 15.3 Å². The minimum absolute atomic E-state index is 0.0530. The molecule has 7 nitrogen and oxygen atoms in total. The molecule has 4 aromatic rings. The molecule has 0 bridgehead atoms. The Labute approximate surface area is 218 Å². The van der Waals surface area contributed by atoms with Gasteiger partial charge in [0.25, 0.3) is 0 Å². The van der Waals surface area contributed by atoms with E-state index in [0.717, 1.165) is 10.6 Å². The lowest BCUT2D eigenvalue weighted by molar-refractivity contribution is -0.145. The predicted molar refractivity (Wildman–Crippen MR) is 130 cm³/mol. The Morgan fingerprint density at radius 1 is 1.05 bits per heavy atom. The number of nitrogens with one attached hydrogen (secondary N) is 1. The van der Waals surface area contributed by atoms with Crippen molar-refractivity contribution in [3.8, 4) is 5.69 Å². The first-order chi connectivity index (χ1) is 18.6. The van der Waals surface area contributed by atoms with Gasteiger partial charge in [-0.05, 0) is 49.7 Å². The van der Waals surface area contributed by atoms with Gasteiger partial charge in [0.2, 0.25) is 5.82 Å². The molecule has 4 heterocycles. The van der Waals surface area contributed by atoms with Crippen LogP contribution >= 0.6 is 0 Å². The Morgan fingerprint density at radius 3 is 2.54 bits per heavy atom. The van der Waals surface area contributed by atoms with Crippen molar-refractivity contribution in [2.24, 2.45) is 0 Å². The summed E-state index contributed by atoms with van der Waals surface area (Å²) in [5.41, 5.74) is -1.21. The number of aromatic nitrogens is 3. The zero-order chi connectivity index (χ0) is 27.2. The Balaban J connectivity index is 1.30. The highest BCUT2D eigenvalue weighted by molar-refractivity contribution is 6.12. The van der Waals surface area contributed by atoms with E-state index in [9.17, 15) is 22.8 Å². The number of pyridine rings is 1. The van der Waals surface area contributed by atoms with E-state index < -0.39 is 40.6 Å². The number of carbonyl (C=O) groups excluding carboxylic acids is 2. The number of fused-ring (bicyclic) bond motifs is 3. The normalized spacial score (nSPS) is 21.4. The summed E-state index contributed by atoms with van der Waals surface area (Å²) in [6.07, 6.45) is -2.13. The van der Waals surface area contributed by atoms with Gasteiger partial charge >= 0.3 is 12.1 Å². The fraction of sp³-hybridized carbons (Fsp3) is 0.286. The number of rotatable bonds is 4. The maximum Gasteiger partial charge on any atom is 0.450 e. The van der Waals surface area contributed by atoms with Gasteiger partial charge in [-0.15, -0.1) is 0 Å². The van der Waals surface area contributed by atoms with Crippen LogP contribution in [-0.4, -0.2) is 39.4 Å². The number of Topliss-reactive ketones (excluding diaryl/α,β-unsaturated/α-hetero) is 1. The van der Waals surface area contributed by atoms with E-state index in [1.54, 1.807) is 18.2 Å². The minimum atomic E-state index is -4.78. The zero-order valence-corrected chi connectivity index (χ0v) is 20.3. The number of ketones is 1. The van der Waals surface area contributed by atoms with Crippen LogP contribution in [0.3, 0.4) is 0 Å². The highest BCUT2D eigenvalue weighted by Crippen LogP contribution is 2.53. The molecule has 1 unspecified atom stereocenters. The van der Waals surface area contributed by atoms with Crippen LogP contribution in [0.1, 0.15) is 57.1 Å². The summed E-state index contributed by atoms with van der Waals surface area (Å²) < 4.78 is 63.7. The van der Waals surface area contributed by atoms with Crippen molar-refractivity contribution in [2.45, 2.75) is 36.5 Å². The number of hydrogen-bond acceptors (Lipinski definition) is 6. The Morgan fingerprint density at radius 2 is 1.85 bits per heavy atom. The summed E-state index contributed by atoms with van der Waals surface area (Å²) in [5, 5.41) is 3.17. The van der Waals surface area contributed by atoms with Gasteiger partial charge < -0.3 is 10.1 Å². The van der Waals surface area contributed by atoms with E-state index in [-0.39, 0.29) is 33.5 Å². The number of nitrogens with zero attached hydrogens (tertiary/aromatic N) is 3. The highest BCUT2D eigenvalue weighted by atomic mass is 19.4. The predicted octanol–water partition coefficient (Wildman–Crippen LogP) is 4.85. The number of hydrogen-bond donors (Lipinski definition) is 1. The minimum Gasteiger partial charge on any atom is -0.449 e. The fourth-order valence-electron chi connectivity index (χ4n) is 5.97. The lowest BCUT2D eigenvalue weighted by atomic mass is 9.85. The summed E-state index contributed by atoms with van der Waals surface area (Å²) >= 11 is 0. The molecule has 1 N–H and O–H groups in total. The van der Waals surface area contributed by atoms with Gasteiger partial charge in [0, 0.05) is 30.3 Å². The fourth-order valence-corrected chi connectivity index (χ4v) is 5.97. The molecule has 1 saturated heterocycles. The molecule has 198 valence electrons. The lowest BCUT2D eigenvalue weighted by Gasteiger charge is -2.22. The molecule has 1 saturated carbocycles. The number of benzene rings is 2. The Bertz CT molecular complexity index is 1700. The summed E-state index contributed by atoms with van der Waals surface area (Å²) in [5.74, 6) is -3.14. The quantitative estimate of drug-likeness (QED) is 0.228. The van der Waals surface area contributed by atoms with E-state index in [0.29, 0.717) is 37.9 Å². The van der Waals surface area contributed by atoms with Crippen LogP contribution in [0.15, 0.2) is 54.7 Å². The smallest absolute Gasteiger partial charge is 0.449 e. The van der Waals surface area contributed by atoms with Gasteiger partial charge in [-0.3, -0.25) is 14.3 Å². The number of imidazole rings is 1. The first-order valence-corrected chi connectivity index (χ1v) is 12.5. The second-order valence-corrected chi connectivity index (χ2v) is 10.2. The first kappa shape index (κ1) is 24.0. The number of halogens is 4. The van der Waals surface area contributed by atoms with Crippen LogP contribution in [-0.2, 0) is 21.9 Å². The maximum absolute atomic E-state index is 15.7. The third-order valence-corrected chi connectivity index (χ3v) is 7.99.